The molecule has 7 heteroatoms. The Bertz CT molecular complexity index is 802. The first-order chi connectivity index (χ1) is 12.8. The fourth-order valence-corrected chi connectivity index (χ4v) is 4.81. The molecule has 1 aliphatic rings. The summed E-state index contributed by atoms with van der Waals surface area (Å²) in [7, 11) is -3.36. The Balaban J connectivity index is 1.85. The fraction of sp³-hybridized carbons (Fsp3) is 0.450. The largest absolute Gasteiger partial charge is 0.481 e. The van der Waals surface area contributed by atoms with E-state index in [-0.39, 0.29) is 18.1 Å². The average molecular weight is 503 g/mol. The summed E-state index contributed by atoms with van der Waals surface area (Å²) in [6.45, 7) is 0. The molecule has 1 aliphatic carbocycles. The lowest BCUT2D eigenvalue weighted by Crippen LogP contribution is -2.28. The zero-order valence-electron chi connectivity index (χ0n) is 15.2. The van der Waals surface area contributed by atoms with Gasteiger partial charge >= 0.3 is 5.97 Å². The summed E-state index contributed by atoms with van der Waals surface area (Å²) < 4.78 is 28.6. The Hall–Kier alpha value is -1.35. The summed E-state index contributed by atoms with van der Waals surface area (Å²) in [5, 5.41) is 8.64. The molecule has 1 unspecified atom stereocenters. The predicted molar refractivity (Wildman–Crippen MR) is 116 cm³/mol. The van der Waals surface area contributed by atoms with E-state index in [0.29, 0.717) is 12.8 Å². The Morgan fingerprint density at radius 1 is 1.37 bits per heavy atom. The van der Waals surface area contributed by atoms with E-state index < -0.39 is 16.0 Å². The molecule has 148 valence electrons. The maximum Gasteiger partial charge on any atom is 0.303 e. The zero-order chi connectivity index (χ0) is 19.7. The van der Waals surface area contributed by atoms with E-state index in [1.807, 2.05) is 36.4 Å². The van der Waals surface area contributed by atoms with Crippen molar-refractivity contribution in [1.29, 1.82) is 0 Å². The second kappa shape index (κ2) is 10.8. The number of carbonyl (C=O) groups is 1. The van der Waals surface area contributed by atoms with Crippen molar-refractivity contribution in [2.45, 2.75) is 44.9 Å². The molecule has 0 radical (unpaired) electrons. The fourth-order valence-electron chi connectivity index (χ4n) is 3.03. The van der Waals surface area contributed by atoms with E-state index in [0.717, 1.165) is 40.5 Å². The smallest absolute Gasteiger partial charge is 0.303 e. The first kappa shape index (κ1) is 21.9. The summed E-state index contributed by atoms with van der Waals surface area (Å²) in [5.41, 5.74) is 1.79. The van der Waals surface area contributed by atoms with Crippen molar-refractivity contribution in [3.63, 3.8) is 0 Å². The molecule has 5 nitrogen and oxygen atoms in total. The predicted octanol–water partition coefficient (Wildman–Crippen LogP) is 4.25. The van der Waals surface area contributed by atoms with Crippen LogP contribution in [0.2, 0.25) is 0 Å². The van der Waals surface area contributed by atoms with Gasteiger partial charge in [-0.05, 0) is 84.7 Å². The van der Waals surface area contributed by atoms with Gasteiger partial charge in [0.25, 0.3) is 0 Å². The minimum atomic E-state index is -3.36. The van der Waals surface area contributed by atoms with Crippen LogP contribution in [0.1, 0.15) is 44.1 Å². The summed E-state index contributed by atoms with van der Waals surface area (Å²) in [5.74, 6) is -0.500. The van der Waals surface area contributed by atoms with E-state index in [2.05, 4.69) is 33.4 Å². The molecule has 1 atom stereocenters. The van der Waals surface area contributed by atoms with Gasteiger partial charge < -0.3 is 5.11 Å². The number of rotatable bonds is 10. The second-order valence-electron chi connectivity index (χ2n) is 6.76. The molecule has 0 bridgehead atoms. The monoisotopic (exact) mass is 503 g/mol. The van der Waals surface area contributed by atoms with Gasteiger partial charge in [-0.25, -0.2) is 8.42 Å². The number of sulfonamides is 1. The lowest BCUT2D eigenvalue weighted by molar-refractivity contribution is -0.137. The van der Waals surface area contributed by atoms with Crippen LogP contribution in [0.5, 0.6) is 0 Å². The van der Waals surface area contributed by atoms with E-state index in [1.54, 1.807) is 0 Å². The van der Waals surface area contributed by atoms with Crippen LogP contribution in [-0.2, 0) is 21.2 Å². The lowest BCUT2D eigenvalue weighted by atomic mass is 9.93. The van der Waals surface area contributed by atoms with Gasteiger partial charge in [-0.3, -0.25) is 9.52 Å². The third-order valence-corrected chi connectivity index (χ3v) is 6.36. The van der Waals surface area contributed by atoms with E-state index in [9.17, 15) is 13.2 Å². The number of allylic oxidation sites excluding steroid dienone is 4. The molecule has 1 aromatic rings. The minimum Gasteiger partial charge on any atom is -0.481 e. The number of carboxylic acids is 1. The molecule has 0 saturated heterocycles. The molecule has 0 heterocycles. The van der Waals surface area contributed by atoms with E-state index in [4.69, 9.17) is 5.11 Å². The molecule has 1 aromatic carbocycles. The number of hydrogen-bond acceptors (Lipinski definition) is 3. The van der Waals surface area contributed by atoms with Crippen LogP contribution in [-0.4, -0.2) is 25.2 Å². The summed E-state index contributed by atoms with van der Waals surface area (Å²) in [4.78, 5) is 10.5. The highest BCUT2D eigenvalue weighted by molar-refractivity contribution is 14.1. The summed E-state index contributed by atoms with van der Waals surface area (Å²) in [6.07, 6.45) is 10.7. The minimum absolute atomic E-state index is 0.0696. The number of aryl methyl sites for hydroxylation is 1. The number of nitrogens with one attached hydrogen (secondary N) is 1. The Morgan fingerprint density at radius 2 is 2.19 bits per heavy atom. The first-order valence-corrected chi connectivity index (χ1v) is 11.9. The number of benzene rings is 1. The molecular formula is C20H26INO4S. The molecule has 2 N–H and O–H groups in total. The van der Waals surface area contributed by atoms with Crippen molar-refractivity contribution in [2.24, 2.45) is 5.92 Å². The van der Waals surface area contributed by atoms with Crippen LogP contribution in [0.25, 0.3) is 0 Å². The van der Waals surface area contributed by atoms with Crippen molar-refractivity contribution in [2.75, 3.05) is 5.75 Å². The standard InChI is InChI=1S/C20H26INO4S/c21-18-9-4-7-17(14-18)12-13-27(25,26)22-19-10-5-8-16(15-19)6-2-1-3-11-20(23)24/h2,4,6-7,9,14-16,22H,1,3,5,8,10-13H2,(H,23,24). The average Bonchev–Trinajstić information content (AvgIpc) is 2.60. The van der Waals surface area contributed by atoms with Gasteiger partial charge in [-0.2, -0.15) is 0 Å². The van der Waals surface area contributed by atoms with Gasteiger partial charge in [-0.15, -0.1) is 0 Å². The lowest BCUT2D eigenvalue weighted by Gasteiger charge is -2.20. The van der Waals surface area contributed by atoms with Crippen LogP contribution in [0, 0.1) is 9.49 Å². The Morgan fingerprint density at radius 3 is 2.93 bits per heavy atom. The highest BCUT2D eigenvalue weighted by Crippen LogP contribution is 2.23. The van der Waals surface area contributed by atoms with Crippen LogP contribution >= 0.6 is 22.6 Å². The SMILES string of the molecule is O=C(O)CCCC=CC1C=C(NS(=O)(=O)CCc2cccc(I)c2)CCC1. The van der Waals surface area contributed by atoms with Crippen molar-refractivity contribution in [3.8, 4) is 0 Å². The van der Waals surface area contributed by atoms with Crippen molar-refractivity contribution in [3.05, 3.63) is 57.3 Å². The normalized spacial score (nSPS) is 17.7. The highest BCUT2D eigenvalue weighted by atomic mass is 127. The van der Waals surface area contributed by atoms with Gasteiger partial charge in [-0.1, -0.05) is 30.4 Å². The Kier molecular flexibility index (Phi) is 8.82. The van der Waals surface area contributed by atoms with Gasteiger partial charge in [0.2, 0.25) is 10.0 Å². The molecule has 0 aromatic heterocycles. The molecular weight excluding hydrogens is 477 g/mol. The first-order valence-electron chi connectivity index (χ1n) is 9.18. The topological polar surface area (TPSA) is 83.5 Å². The third-order valence-electron chi connectivity index (χ3n) is 4.38. The number of hydrogen-bond donors (Lipinski definition) is 2. The summed E-state index contributed by atoms with van der Waals surface area (Å²) >= 11 is 2.22. The van der Waals surface area contributed by atoms with Crippen LogP contribution in [0.4, 0.5) is 0 Å². The van der Waals surface area contributed by atoms with E-state index >= 15 is 0 Å². The molecule has 0 aliphatic heterocycles. The van der Waals surface area contributed by atoms with Gasteiger partial charge in [0.15, 0.2) is 0 Å². The molecule has 0 amide bonds. The van der Waals surface area contributed by atoms with Crippen molar-refractivity contribution in [1.82, 2.24) is 4.72 Å². The number of aliphatic carboxylic acids is 1. The van der Waals surface area contributed by atoms with Crippen molar-refractivity contribution >= 4 is 38.6 Å². The third kappa shape index (κ3) is 8.92. The van der Waals surface area contributed by atoms with Gasteiger partial charge in [0.1, 0.15) is 0 Å². The molecule has 0 saturated carbocycles. The zero-order valence-corrected chi connectivity index (χ0v) is 18.2. The van der Waals surface area contributed by atoms with Crippen molar-refractivity contribution < 1.29 is 18.3 Å². The number of unbranched alkanes of at least 4 members (excludes halogenated alkanes) is 1. The van der Waals surface area contributed by atoms with E-state index in [1.165, 1.54) is 0 Å². The highest BCUT2D eigenvalue weighted by Gasteiger charge is 2.17. The van der Waals surface area contributed by atoms with Crippen LogP contribution in [0.3, 0.4) is 0 Å². The van der Waals surface area contributed by atoms with Gasteiger partial charge in [0, 0.05) is 15.7 Å². The summed E-state index contributed by atoms with van der Waals surface area (Å²) in [6, 6.07) is 7.87. The number of halogens is 1. The van der Waals surface area contributed by atoms with Crippen LogP contribution in [0.15, 0.2) is 48.2 Å². The van der Waals surface area contributed by atoms with Gasteiger partial charge in [0.05, 0.1) is 5.75 Å². The number of carboxylic acid groups (broad SMARTS) is 1. The molecule has 0 spiro atoms. The Labute approximate surface area is 175 Å². The maximum atomic E-state index is 12.4. The molecule has 27 heavy (non-hydrogen) atoms. The maximum absolute atomic E-state index is 12.4. The van der Waals surface area contributed by atoms with Crippen LogP contribution < -0.4 is 4.72 Å². The second-order valence-corrected chi connectivity index (χ2v) is 9.85. The molecule has 2 rings (SSSR count). The quantitative estimate of drug-likeness (QED) is 0.284. The molecule has 0 fully saturated rings.